The van der Waals surface area contributed by atoms with Gasteiger partial charge in [-0.1, -0.05) is 46.0 Å². The number of thiophene rings is 1. The third kappa shape index (κ3) is 6.70. The van der Waals surface area contributed by atoms with Gasteiger partial charge < -0.3 is 0 Å². The predicted octanol–water partition coefficient (Wildman–Crippen LogP) is 3.67. The molecule has 0 amide bonds. The summed E-state index contributed by atoms with van der Waals surface area (Å²) in [7, 11) is -3.19. The smallest absolute Gasteiger partial charge is 0.293 e. The number of alkyl halides is 1. The molecule has 0 aliphatic carbocycles. The van der Waals surface area contributed by atoms with E-state index in [2.05, 4.69) is 42.8 Å². The summed E-state index contributed by atoms with van der Waals surface area (Å²) in [5, 5.41) is 16.8. The van der Waals surface area contributed by atoms with Gasteiger partial charge in [0.25, 0.3) is 5.69 Å². The molecule has 11 heteroatoms. The second-order valence-corrected chi connectivity index (χ2v) is 8.12. The van der Waals surface area contributed by atoms with Crippen molar-refractivity contribution in [1.82, 2.24) is 10.2 Å². The van der Waals surface area contributed by atoms with Crippen molar-refractivity contribution in [2.75, 3.05) is 25.0 Å². The molecule has 24 heavy (non-hydrogen) atoms. The molecule has 0 radical (unpaired) electrons. The summed E-state index contributed by atoms with van der Waals surface area (Å²) in [6, 6.07) is 1.36. The van der Waals surface area contributed by atoms with E-state index in [-0.39, 0.29) is 17.3 Å². The van der Waals surface area contributed by atoms with Gasteiger partial charge in [-0.25, -0.2) is 15.0 Å². The minimum atomic E-state index is -3.19. The van der Waals surface area contributed by atoms with Crippen LogP contribution in [0.4, 0.5) is 10.7 Å². The van der Waals surface area contributed by atoms with Gasteiger partial charge in [0.05, 0.1) is 16.4 Å². The van der Waals surface area contributed by atoms with Crippen molar-refractivity contribution in [2.45, 2.75) is 13.3 Å². The summed E-state index contributed by atoms with van der Waals surface area (Å²) in [6.45, 7) is 9.75. The van der Waals surface area contributed by atoms with Crippen molar-refractivity contribution in [3.63, 3.8) is 0 Å². The second-order valence-electron chi connectivity index (χ2n) is 4.30. The van der Waals surface area contributed by atoms with Gasteiger partial charge in [-0.3, -0.25) is 19.2 Å². The molecule has 0 aliphatic rings. The number of hydrogen-bond donors (Lipinski definition) is 2. The maximum atomic E-state index is 12.5. The molecule has 0 aromatic carbocycles. The SMILES string of the molecule is [C-]#[N+]c1cc(C#CCOP(=O)(NCCC)NCCBr)sc1[N+](=O)[O-]. The first-order valence-electron chi connectivity index (χ1n) is 6.91. The topological polar surface area (TPSA) is 97.9 Å². The highest BCUT2D eigenvalue weighted by Gasteiger charge is 2.21. The Balaban J connectivity index is 2.72. The monoisotopic (exact) mass is 434 g/mol. The number of nitrogens with one attached hydrogen (secondary N) is 2. The summed E-state index contributed by atoms with van der Waals surface area (Å²) in [5.74, 6) is 5.35. The van der Waals surface area contributed by atoms with Crippen LogP contribution in [0.2, 0.25) is 0 Å². The normalized spacial score (nSPS) is 12.7. The van der Waals surface area contributed by atoms with Crippen molar-refractivity contribution in [3.8, 4) is 11.8 Å². The van der Waals surface area contributed by atoms with Crippen LogP contribution < -0.4 is 10.2 Å². The molecule has 0 saturated heterocycles. The van der Waals surface area contributed by atoms with E-state index in [9.17, 15) is 14.7 Å². The number of rotatable bonds is 9. The van der Waals surface area contributed by atoms with Gasteiger partial charge in [-0.05, 0) is 12.5 Å². The fourth-order valence-corrected chi connectivity index (χ4v) is 4.24. The zero-order valence-corrected chi connectivity index (χ0v) is 16.2. The van der Waals surface area contributed by atoms with E-state index in [1.807, 2.05) is 6.92 Å². The van der Waals surface area contributed by atoms with Crippen LogP contribution in [0, 0.1) is 28.5 Å². The van der Waals surface area contributed by atoms with E-state index in [0.29, 0.717) is 23.3 Å². The van der Waals surface area contributed by atoms with Crippen LogP contribution in [0.3, 0.4) is 0 Å². The lowest BCUT2D eigenvalue weighted by Crippen LogP contribution is -2.26. The van der Waals surface area contributed by atoms with Crippen LogP contribution in [0.25, 0.3) is 4.85 Å². The average molecular weight is 435 g/mol. The van der Waals surface area contributed by atoms with Crippen LogP contribution in [0.1, 0.15) is 18.2 Å². The van der Waals surface area contributed by atoms with Crippen LogP contribution >= 0.6 is 34.9 Å². The molecule has 2 N–H and O–H groups in total. The molecule has 8 nitrogen and oxygen atoms in total. The second kappa shape index (κ2) is 10.6. The highest BCUT2D eigenvalue weighted by Crippen LogP contribution is 2.37. The van der Waals surface area contributed by atoms with Crippen molar-refractivity contribution in [1.29, 1.82) is 0 Å². The fourth-order valence-electron chi connectivity index (χ4n) is 1.49. The lowest BCUT2D eigenvalue weighted by atomic mass is 10.4. The highest BCUT2D eigenvalue weighted by molar-refractivity contribution is 9.09. The summed E-state index contributed by atoms with van der Waals surface area (Å²) in [6.07, 6.45) is 0.799. The van der Waals surface area contributed by atoms with E-state index in [0.717, 1.165) is 17.8 Å². The van der Waals surface area contributed by atoms with E-state index >= 15 is 0 Å². The highest BCUT2D eigenvalue weighted by atomic mass is 79.9. The minimum Gasteiger partial charge on any atom is -0.293 e. The molecule has 0 saturated carbocycles. The van der Waals surface area contributed by atoms with Gasteiger partial charge in [0.15, 0.2) is 0 Å². The van der Waals surface area contributed by atoms with E-state index in [1.165, 1.54) is 6.07 Å². The molecule has 0 spiro atoms. The van der Waals surface area contributed by atoms with E-state index < -0.39 is 12.6 Å². The van der Waals surface area contributed by atoms with Crippen molar-refractivity contribution in [2.24, 2.45) is 0 Å². The molecule has 1 unspecified atom stereocenters. The third-order valence-corrected chi connectivity index (χ3v) is 5.65. The maximum absolute atomic E-state index is 12.5. The fraction of sp³-hybridized carbons (Fsp3) is 0.462. The van der Waals surface area contributed by atoms with Gasteiger partial charge >= 0.3 is 12.7 Å². The molecular weight excluding hydrogens is 419 g/mol. The third-order valence-electron chi connectivity index (χ3n) is 2.49. The molecule has 1 aromatic heterocycles. The number of nitrogens with zero attached hydrogens (tertiary/aromatic N) is 2. The maximum Gasteiger partial charge on any atom is 0.341 e. The predicted molar refractivity (Wildman–Crippen MR) is 97.8 cm³/mol. The van der Waals surface area contributed by atoms with Gasteiger partial charge in [-0.2, -0.15) is 0 Å². The van der Waals surface area contributed by atoms with Crippen LogP contribution in [0.5, 0.6) is 0 Å². The number of hydrogen-bond acceptors (Lipinski definition) is 5. The molecule has 130 valence electrons. The van der Waals surface area contributed by atoms with Crippen LogP contribution in [0.15, 0.2) is 6.07 Å². The first-order chi connectivity index (χ1) is 11.5. The Morgan fingerprint density at radius 3 is 2.79 bits per heavy atom. The van der Waals surface area contributed by atoms with Gasteiger partial charge in [-0.15, -0.1) is 0 Å². The van der Waals surface area contributed by atoms with Gasteiger partial charge in [0.1, 0.15) is 6.61 Å². The molecule has 1 aromatic rings. The van der Waals surface area contributed by atoms with E-state index in [1.54, 1.807) is 0 Å². The molecule has 0 bridgehead atoms. The average Bonchev–Trinajstić information content (AvgIpc) is 2.99. The summed E-state index contributed by atoms with van der Waals surface area (Å²) < 4.78 is 17.8. The Kier molecular flexibility index (Phi) is 9.16. The van der Waals surface area contributed by atoms with Crippen molar-refractivity contribution >= 4 is 45.6 Å². The summed E-state index contributed by atoms with van der Waals surface area (Å²) >= 11 is 4.07. The molecule has 0 aliphatic heterocycles. The van der Waals surface area contributed by atoms with Gasteiger partial charge in [0.2, 0.25) is 0 Å². The molecular formula is C13H16BrN4O4PS. The Hall–Kier alpha value is -1.26. The lowest BCUT2D eigenvalue weighted by molar-refractivity contribution is -0.379. The van der Waals surface area contributed by atoms with Crippen molar-refractivity contribution < 1.29 is 14.0 Å². The Morgan fingerprint density at radius 2 is 2.25 bits per heavy atom. The van der Waals surface area contributed by atoms with Crippen LogP contribution in [-0.2, 0) is 9.09 Å². The number of nitro groups is 1. The number of halogens is 1. The Bertz CT molecular complexity index is 710. The Labute approximate surface area is 152 Å². The first-order valence-corrected chi connectivity index (χ1v) is 10.5. The quantitative estimate of drug-likeness (QED) is 0.153. The standard InChI is InChI=1S/C13H16BrN4O4PS/c1-3-7-16-23(21,17-8-6-14)22-9-4-5-11-10-12(15-2)13(24-11)18(19)20/h10H,3,6-9H2,1H3,(H2,16,17,21). The summed E-state index contributed by atoms with van der Waals surface area (Å²) in [4.78, 5) is 13.7. The molecule has 1 rings (SSSR count). The van der Waals surface area contributed by atoms with Crippen LogP contribution in [-0.4, -0.2) is 29.9 Å². The molecule has 1 heterocycles. The Morgan fingerprint density at radius 1 is 1.54 bits per heavy atom. The minimum absolute atomic E-state index is 0.0375. The zero-order valence-electron chi connectivity index (χ0n) is 12.9. The van der Waals surface area contributed by atoms with Crippen molar-refractivity contribution in [3.05, 3.63) is 32.5 Å². The lowest BCUT2D eigenvalue weighted by Gasteiger charge is -2.18. The largest absolute Gasteiger partial charge is 0.341 e. The van der Waals surface area contributed by atoms with Gasteiger partial charge in [0, 0.05) is 18.4 Å². The summed E-state index contributed by atoms with van der Waals surface area (Å²) in [5.41, 5.74) is -0.0375. The van der Waals surface area contributed by atoms with E-state index in [4.69, 9.17) is 11.1 Å². The molecule has 0 fully saturated rings. The first kappa shape index (κ1) is 20.8. The molecule has 1 atom stereocenters. The zero-order chi connectivity index (χ0) is 18.0.